The van der Waals surface area contributed by atoms with Gasteiger partial charge in [0.05, 0.1) is 35.9 Å². The number of ether oxygens (including phenoxy) is 1. The number of nitrogens with one attached hydrogen (secondary N) is 1. The van der Waals surface area contributed by atoms with E-state index >= 15 is 0 Å². The molecule has 1 N–H and O–H groups in total. The van der Waals surface area contributed by atoms with Crippen LogP contribution in [0.4, 0.5) is 15.8 Å². The quantitative estimate of drug-likeness (QED) is 0.584. The molecular formula is C22H22FN3O3S. The lowest BCUT2D eigenvalue weighted by atomic mass is 10.2. The number of rotatable bonds is 6. The van der Waals surface area contributed by atoms with Gasteiger partial charge in [-0.1, -0.05) is 17.3 Å². The monoisotopic (exact) mass is 427 g/mol. The zero-order valence-electron chi connectivity index (χ0n) is 16.6. The summed E-state index contributed by atoms with van der Waals surface area (Å²) in [4.78, 5) is 15.6. The molecule has 0 bridgehead atoms. The summed E-state index contributed by atoms with van der Waals surface area (Å²) in [6, 6.07) is 14.0. The van der Waals surface area contributed by atoms with Gasteiger partial charge < -0.3 is 19.5 Å². The van der Waals surface area contributed by atoms with E-state index in [1.807, 2.05) is 30.0 Å². The maximum Gasteiger partial charge on any atom is 0.256 e. The van der Waals surface area contributed by atoms with Gasteiger partial charge in [0.1, 0.15) is 11.6 Å². The van der Waals surface area contributed by atoms with Crippen LogP contribution in [0.25, 0.3) is 0 Å². The summed E-state index contributed by atoms with van der Waals surface area (Å²) >= 11 is 1.49. The normalized spacial score (nSPS) is 14.0. The summed E-state index contributed by atoms with van der Waals surface area (Å²) in [7, 11) is 0. The van der Waals surface area contributed by atoms with Gasteiger partial charge in [-0.15, -0.1) is 11.8 Å². The number of carbonyl (C=O) groups excluding carboxylic acids is 1. The molecule has 30 heavy (non-hydrogen) atoms. The molecule has 4 rings (SSSR count). The van der Waals surface area contributed by atoms with E-state index in [-0.39, 0.29) is 11.7 Å². The van der Waals surface area contributed by atoms with Gasteiger partial charge in [-0.3, -0.25) is 4.79 Å². The SMILES string of the molecule is Cc1cc(CSc2ccccc2C(=O)Nc2ccc(N3CCOCC3)c(F)c2)on1. The molecule has 8 heteroatoms. The van der Waals surface area contributed by atoms with E-state index in [9.17, 15) is 9.18 Å². The van der Waals surface area contributed by atoms with Crippen molar-refractivity contribution < 1.29 is 18.4 Å². The zero-order valence-corrected chi connectivity index (χ0v) is 17.4. The van der Waals surface area contributed by atoms with E-state index in [2.05, 4.69) is 10.5 Å². The predicted molar refractivity (Wildman–Crippen MR) is 115 cm³/mol. The van der Waals surface area contributed by atoms with Gasteiger partial charge in [-0.05, 0) is 37.3 Å². The fourth-order valence-electron chi connectivity index (χ4n) is 3.26. The number of carbonyl (C=O) groups is 1. The van der Waals surface area contributed by atoms with Gasteiger partial charge in [0, 0.05) is 29.7 Å². The highest BCUT2D eigenvalue weighted by Crippen LogP contribution is 2.28. The standard InChI is InChI=1S/C22H22FN3O3S/c1-15-12-17(29-25-15)14-30-21-5-3-2-4-18(21)22(27)24-16-6-7-20(19(23)13-16)26-8-10-28-11-9-26/h2-7,12-13H,8-11,14H2,1H3,(H,24,27). The highest BCUT2D eigenvalue weighted by molar-refractivity contribution is 7.98. The first-order valence-corrected chi connectivity index (χ1v) is 10.7. The van der Waals surface area contributed by atoms with Crippen molar-refractivity contribution in [1.82, 2.24) is 5.16 Å². The minimum Gasteiger partial charge on any atom is -0.378 e. The van der Waals surface area contributed by atoms with Crippen molar-refractivity contribution in [3.05, 3.63) is 71.4 Å². The predicted octanol–water partition coefficient (Wildman–Crippen LogP) is 4.50. The van der Waals surface area contributed by atoms with E-state index in [0.29, 0.717) is 49.0 Å². The summed E-state index contributed by atoms with van der Waals surface area (Å²) in [6.45, 7) is 4.33. The minimum absolute atomic E-state index is 0.287. The fourth-order valence-corrected chi connectivity index (χ4v) is 4.18. The maximum atomic E-state index is 14.6. The minimum atomic E-state index is -0.363. The molecule has 0 atom stereocenters. The Morgan fingerprint density at radius 2 is 2.00 bits per heavy atom. The Kier molecular flexibility index (Phi) is 6.35. The van der Waals surface area contributed by atoms with Crippen molar-refractivity contribution >= 4 is 29.0 Å². The summed E-state index contributed by atoms with van der Waals surface area (Å²) < 4.78 is 25.2. The lowest BCUT2D eigenvalue weighted by molar-refractivity contribution is 0.102. The average molecular weight is 428 g/mol. The van der Waals surface area contributed by atoms with Crippen LogP contribution in [0.3, 0.4) is 0 Å². The Morgan fingerprint density at radius 3 is 2.73 bits per heavy atom. The van der Waals surface area contributed by atoms with Crippen LogP contribution >= 0.6 is 11.8 Å². The number of thioether (sulfide) groups is 1. The molecule has 1 amide bonds. The first-order chi connectivity index (χ1) is 14.6. The topological polar surface area (TPSA) is 67.6 Å². The van der Waals surface area contributed by atoms with Crippen LogP contribution < -0.4 is 10.2 Å². The molecular weight excluding hydrogens is 405 g/mol. The molecule has 0 spiro atoms. The molecule has 0 radical (unpaired) electrons. The van der Waals surface area contributed by atoms with Crippen LogP contribution in [0.15, 0.2) is 57.9 Å². The smallest absolute Gasteiger partial charge is 0.256 e. The number of aryl methyl sites for hydroxylation is 1. The number of aromatic nitrogens is 1. The van der Waals surface area contributed by atoms with Gasteiger partial charge in [-0.25, -0.2) is 4.39 Å². The molecule has 6 nitrogen and oxygen atoms in total. The van der Waals surface area contributed by atoms with Crippen LogP contribution in [0.1, 0.15) is 21.8 Å². The molecule has 0 saturated carbocycles. The molecule has 1 aliphatic rings. The molecule has 0 unspecified atom stereocenters. The second-order valence-corrected chi connectivity index (χ2v) is 7.96. The van der Waals surface area contributed by atoms with E-state index in [1.54, 1.807) is 24.3 Å². The lowest BCUT2D eigenvalue weighted by Gasteiger charge is -2.29. The summed E-state index contributed by atoms with van der Waals surface area (Å²) in [5.41, 5.74) is 2.28. The molecule has 1 aliphatic heterocycles. The van der Waals surface area contributed by atoms with Crippen molar-refractivity contribution in [3.8, 4) is 0 Å². The van der Waals surface area contributed by atoms with Crippen LogP contribution in [0.5, 0.6) is 0 Å². The van der Waals surface area contributed by atoms with Crippen LogP contribution in [0.2, 0.25) is 0 Å². The summed E-state index contributed by atoms with van der Waals surface area (Å²) in [6.07, 6.45) is 0. The summed E-state index contributed by atoms with van der Waals surface area (Å²) in [5.74, 6) is 0.658. The number of anilines is 2. The zero-order chi connectivity index (χ0) is 20.9. The third-order valence-corrected chi connectivity index (χ3v) is 5.83. The lowest BCUT2D eigenvalue weighted by Crippen LogP contribution is -2.36. The molecule has 1 fully saturated rings. The molecule has 1 saturated heterocycles. The first kappa shape index (κ1) is 20.4. The average Bonchev–Trinajstić information content (AvgIpc) is 3.18. The number of morpholine rings is 1. The second kappa shape index (κ2) is 9.32. The van der Waals surface area contributed by atoms with Crippen LogP contribution in [-0.2, 0) is 10.5 Å². The Hall–Kier alpha value is -2.84. The Balaban J connectivity index is 1.45. The van der Waals surface area contributed by atoms with Crippen molar-refractivity contribution in [3.63, 3.8) is 0 Å². The molecule has 2 heterocycles. The van der Waals surface area contributed by atoms with Gasteiger partial charge in [-0.2, -0.15) is 0 Å². The number of nitrogens with zero attached hydrogens (tertiary/aromatic N) is 2. The van der Waals surface area contributed by atoms with Crippen molar-refractivity contribution in [2.24, 2.45) is 0 Å². The van der Waals surface area contributed by atoms with E-state index < -0.39 is 0 Å². The van der Waals surface area contributed by atoms with Gasteiger partial charge in [0.15, 0.2) is 0 Å². The highest BCUT2D eigenvalue weighted by atomic mass is 32.2. The van der Waals surface area contributed by atoms with E-state index in [1.165, 1.54) is 17.8 Å². The van der Waals surface area contributed by atoms with Gasteiger partial charge >= 0.3 is 0 Å². The third kappa shape index (κ3) is 4.83. The largest absolute Gasteiger partial charge is 0.378 e. The molecule has 2 aromatic carbocycles. The highest BCUT2D eigenvalue weighted by Gasteiger charge is 2.17. The van der Waals surface area contributed by atoms with Crippen molar-refractivity contribution in [1.29, 1.82) is 0 Å². The Bertz CT molecular complexity index is 1030. The molecule has 156 valence electrons. The maximum absolute atomic E-state index is 14.6. The van der Waals surface area contributed by atoms with Crippen molar-refractivity contribution in [2.45, 2.75) is 17.6 Å². The number of halogens is 1. The number of hydrogen-bond donors (Lipinski definition) is 1. The van der Waals surface area contributed by atoms with Gasteiger partial charge in [0.25, 0.3) is 5.91 Å². The Labute approximate surface area is 178 Å². The second-order valence-electron chi connectivity index (χ2n) is 6.94. The molecule has 1 aromatic heterocycles. The summed E-state index contributed by atoms with van der Waals surface area (Å²) in [5, 5.41) is 6.68. The van der Waals surface area contributed by atoms with Crippen LogP contribution in [-0.4, -0.2) is 37.4 Å². The molecule has 3 aromatic rings. The van der Waals surface area contributed by atoms with E-state index in [0.717, 1.165) is 16.3 Å². The Morgan fingerprint density at radius 1 is 1.20 bits per heavy atom. The van der Waals surface area contributed by atoms with E-state index in [4.69, 9.17) is 9.26 Å². The fraction of sp³-hybridized carbons (Fsp3) is 0.273. The number of hydrogen-bond acceptors (Lipinski definition) is 6. The third-order valence-electron chi connectivity index (χ3n) is 4.74. The van der Waals surface area contributed by atoms with Crippen LogP contribution in [0, 0.1) is 12.7 Å². The number of benzene rings is 2. The van der Waals surface area contributed by atoms with Crippen molar-refractivity contribution in [2.75, 3.05) is 36.5 Å². The molecule has 0 aliphatic carbocycles. The van der Waals surface area contributed by atoms with Gasteiger partial charge in [0.2, 0.25) is 0 Å². The first-order valence-electron chi connectivity index (χ1n) is 9.68. The number of amides is 1.